The highest BCUT2D eigenvalue weighted by atomic mass is 16.6. The second kappa shape index (κ2) is 7.01. The lowest BCUT2D eigenvalue weighted by Gasteiger charge is -2.34. The summed E-state index contributed by atoms with van der Waals surface area (Å²) in [5.41, 5.74) is 0.525. The summed E-state index contributed by atoms with van der Waals surface area (Å²) in [5, 5.41) is 2.98. The van der Waals surface area contributed by atoms with Crippen LogP contribution in [0.5, 0.6) is 5.75 Å². The number of methoxy groups -OCH3 is 1. The maximum Gasteiger partial charge on any atom is 0.408 e. The van der Waals surface area contributed by atoms with Gasteiger partial charge in [0.1, 0.15) is 11.4 Å². The van der Waals surface area contributed by atoms with Crippen molar-refractivity contribution in [1.29, 1.82) is 0 Å². The molecule has 1 heterocycles. The lowest BCUT2D eigenvalue weighted by Crippen LogP contribution is -2.45. The molecule has 0 spiro atoms. The molecule has 1 aromatic carbocycles. The first kappa shape index (κ1) is 16.6. The van der Waals surface area contributed by atoms with Gasteiger partial charge < -0.3 is 19.7 Å². The van der Waals surface area contributed by atoms with Gasteiger partial charge in [-0.2, -0.15) is 0 Å². The zero-order valence-electron chi connectivity index (χ0n) is 13.9. The molecule has 1 aromatic rings. The summed E-state index contributed by atoms with van der Waals surface area (Å²) >= 11 is 0. The molecule has 122 valence electrons. The van der Waals surface area contributed by atoms with Crippen molar-refractivity contribution >= 4 is 6.09 Å². The zero-order valence-corrected chi connectivity index (χ0v) is 13.9. The van der Waals surface area contributed by atoms with E-state index in [-0.39, 0.29) is 12.1 Å². The fraction of sp³-hybridized carbons (Fsp3) is 0.588. The van der Waals surface area contributed by atoms with Crippen LogP contribution in [0.3, 0.4) is 0 Å². The van der Waals surface area contributed by atoms with Crippen molar-refractivity contribution < 1.29 is 14.3 Å². The molecule has 0 saturated carbocycles. The molecule has 1 amide bonds. The third-order valence-electron chi connectivity index (χ3n) is 3.58. The number of carbonyl (C=O) groups is 1. The lowest BCUT2D eigenvalue weighted by molar-refractivity contribution is 0.0479. The lowest BCUT2D eigenvalue weighted by atomic mass is 10.0. The third-order valence-corrected chi connectivity index (χ3v) is 3.58. The summed E-state index contributed by atoms with van der Waals surface area (Å²) < 4.78 is 10.7. The second-order valence-electron chi connectivity index (χ2n) is 6.63. The van der Waals surface area contributed by atoms with Gasteiger partial charge >= 0.3 is 6.09 Å². The topological polar surface area (TPSA) is 50.8 Å². The van der Waals surface area contributed by atoms with Gasteiger partial charge in [-0.25, -0.2) is 4.79 Å². The summed E-state index contributed by atoms with van der Waals surface area (Å²) in [6.07, 6.45) is 0.831. The minimum Gasteiger partial charge on any atom is -0.497 e. The first-order valence-electron chi connectivity index (χ1n) is 7.73. The Morgan fingerprint density at radius 1 is 1.36 bits per heavy atom. The van der Waals surface area contributed by atoms with Crippen LogP contribution in [0.25, 0.3) is 0 Å². The number of amides is 1. The molecule has 0 unspecified atom stereocenters. The van der Waals surface area contributed by atoms with Gasteiger partial charge in [0.2, 0.25) is 0 Å². The van der Waals surface area contributed by atoms with E-state index in [4.69, 9.17) is 9.47 Å². The zero-order chi connectivity index (χ0) is 16.2. The van der Waals surface area contributed by atoms with Gasteiger partial charge in [-0.15, -0.1) is 0 Å². The standard InChI is InChI=1S/C17H26N2O3/c1-17(2,3)22-16(20)18-15(12-19-9-6-10-19)13-7-5-8-14(11-13)21-4/h5,7-8,11,15H,6,9-10,12H2,1-4H3,(H,18,20)/t15-/m1/s1. The highest BCUT2D eigenvalue weighted by Crippen LogP contribution is 2.22. The second-order valence-corrected chi connectivity index (χ2v) is 6.63. The van der Waals surface area contributed by atoms with Crippen LogP contribution in [-0.2, 0) is 4.74 Å². The number of nitrogens with one attached hydrogen (secondary N) is 1. The SMILES string of the molecule is COc1cccc([C@@H](CN2CCC2)NC(=O)OC(C)(C)C)c1. The van der Waals surface area contributed by atoms with E-state index in [9.17, 15) is 4.79 Å². The van der Waals surface area contributed by atoms with E-state index in [0.717, 1.165) is 30.9 Å². The monoisotopic (exact) mass is 306 g/mol. The normalized spacial score (nSPS) is 16.5. The quantitative estimate of drug-likeness (QED) is 0.908. The van der Waals surface area contributed by atoms with Gasteiger partial charge in [-0.1, -0.05) is 12.1 Å². The molecule has 5 nitrogen and oxygen atoms in total. The van der Waals surface area contributed by atoms with Gasteiger partial charge in [-0.05, 0) is 58.0 Å². The van der Waals surface area contributed by atoms with Gasteiger partial charge in [0.25, 0.3) is 0 Å². The molecule has 1 aliphatic rings. The fourth-order valence-corrected chi connectivity index (χ4v) is 2.36. The number of hydrogen-bond donors (Lipinski definition) is 1. The summed E-state index contributed by atoms with van der Waals surface area (Å²) in [6, 6.07) is 7.70. The highest BCUT2D eigenvalue weighted by Gasteiger charge is 2.24. The van der Waals surface area contributed by atoms with E-state index in [1.807, 2.05) is 45.0 Å². The average Bonchev–Trinajstić information content (AvgIpc) is 2.39. The van der Waals surface area contributed by atoms with Crippen molar-refractivity contribution in [3.8, 4) is 5.75 Å². The van der Waals surface area contributed by atoms with E-state index in [1.165, 1.54) is 6.42 Å². The molecule has 2 rings (SSSR count). The van der Waals surface area contributed by atoms with Crippen LogP contribution in [0.1, 0.15) is 38.8 Å². The number of rotatable bonds is 5. The van der Waals surface area contributed by atoms with Crippen molar-refractivity contribution in [2.75, 3.05) is 26.7 Å². The number of alkyl carbamates (subject to hydrolysis) is 1. The van der Waals surface area contributed by atoms with Crippen LogP contribution < -0.4 is 10.1 Å². The predicted octanol–water partition coefficient (Wildman–Crippen LogP) is 2.97. The van der Waals surface area contributed by atoms with Crippen molar-refractivity contribution in [2.45, 2.75) is 38.8 Å². The molecule has 1 fully saturated rings. The van der Waals surface area contributed by atoms with Crippen LogP contribution in [0.4, 0.5) is 4.79 Å². The van der Waals surface area contributed by atoms with Crippen LogP contribution in [0.2, 0.25) is 0 Å². The molecule has 0 radical (unpaired) electrons. The minimum atomic E-state index is -0.500. The first-order valence-corrected chi connectivity index (χ1v) is 7.73. The van der Waals surface area contributed by atoms with Crippen molar-refractivity contribution in [3.63, 3.8) is 0 Å². The van der Waals surface area contributed by atoms with E-state index in [0.29, 0.717) is 0 Å². The molecule has 0 bridgehead atoms. The largest absolute Gasteiger partial charge is 0.497 e. The molecular weight excluding hydrogens is 280 g/mol. The number of carbonyl (C=O) groups excluding carboxylic acids is 1. The summed E-state index contributed by atoms with van der Waals surface area (Å²) in [7, 11) is 1.64. The summed E-state index contributed by atoms with van der Waals surface area (Å²) in [5.74, 6) is 0.789. The first-order chi connectivity index (χ1) is 10.4. The van der Waals surface area contributed by atoms with Crippen molar-refractivity contribution in [1.82, 2.24) is 10.2 Å². The summed E-state index contributed by atoms with van der Waals surface area (Å²) in [4.78, 5) is 14.4. The highest BCUT2D eigenvalue weighted by molar-refractivity contribution is 5.68. The van der Waals surface area contributed by atoms with Crippen LogP contribution >= 0.6 is 0 Å². The maximum absolute atomic E-state index is 12.1. The minimum absolute atomic E-state index is 0.106. The Balaban J connectivity index is 2.09. The average molecular weight is 306 g/mol. The van der Waals surface area contributed by atoms with E-state index < -0.39 is 5.60 Å². The Bertz CT molecular complexity index is 507. The molecule has 0 aliphatic carbocycles. The number of benzene rings is 1. The van der Waals surface area contributed by atoms with Crippen LogP contribution in [0.15, 0.2) is 24.3 Å². The van der Waals surface area contributed by atoms with Crippen molar-refractivity contribution in [3.05, 3.63) is 29.8 Å². The molecule has 1 aliphatic heterocycles. The van der Waals surface area contributed by atoms with E-state index in [2.05, 4.69) is 10.2 Å². The third kappa shape index (κ3) is 4.91. The molecule has 5 heteroatoms. The van der Waals surface area contributed by atoms with Crippen LogP contribution in [0, 0.1) is 0 Å². The molecule has 1 saturated heterocycles. The number of hydrogen-bond acceptors (Lipinski definition) is 4. The predicted molar refractivity (Wildman–Crippen MR) is 86.2 cm³/mol. The van der Waals surface area contributed by atoms with Crippen molar-refractivity contribution in [2.24, 2.45) is 0 Å². The molecule has 1 N–H and O–H groups in total. The molecule has 1 atom stereocenters. The van der Waals surface area contributed by atoms with Gasteiger partial charge in [0, 0.05) is 6.54 Å². The molecular formula is C17H26N2O3. The number of likely N-dealkylation sites (tertiary alicyclic amines) is 1. The Labute approximate surface area is 132 Å². The van der Waals surface area contributed by atoms with Gasteiger partial charge in [0.15, 0.2) is 0 Å². The van der Waals surface area contributed by atoms with E-state index >= 15 is 0 Å². The van der Waals surface area contributed by atoms with Gasteiger partial charge in [0.05, 0.1) is 13.2 Å². The summed E-state index contributed by atoms with van der Waals surface area (Å²) in [6.45, 7) is 8.53. The van der Waals surface area contributed by atoms with E-state index in [1.54, 1.807) is 7.11 Å². The Morgan fingerprint density at radius 3 is 2.64 bits per heavy atom. The number of ether oxygens (including phenoxy) is 2. The fourth-order valence-electron chi connectivity index (χ4n) is 2.36. The molecule has 0 aromatic heterocycles. The smallest absolute Gasteiger partial charge is 0.408 e. The maximum atomic E-state index is 12.1. The number of nitrogens with zero attached hydrogens (tertiary/aromatic N) is 1. The van der Waals surface area contributed by atoms with Crippen LogP contribution in [-0.4, -0.2) is 43.3 Å². The van der Waals surface area contributed by atoms with Gasteiger partial charge in [-0.3, -0.25) is 0 Å². The Hall–Kier alpha value is -1.75. The Morgan fingerprint density at radius 2 is 2.09 bits per heavy atom. The molecule has 22 heavy (non-hydrogen) atoms. The Kier molecular flexibility index (Phi) is 5.29.